The van der Waals surface area contributed by atoms with Crippen LogP contribution in [0.4, 0.5) is 0 Å². The van der Waals surface area contributed by atoms with E-state index in [1.165, 1.54) is 0 Å². The van der Waals surface area contributed by atoms with Gasteiger partial charge in [0.05, 0.1) is 40.6 Å². The van der Waals surface area contributed by atoms with Crippen molar-refractivity contribution in [1.29, 1.82) is 0 Å². The van der Waals surface area contributed by atoms with E-state index in [2.05, 4.69) is 191 Å². The van der Waals surface area contributed by atoms with E-state index < -0.39 is 0 Å². The molecular weight excluding hydrogens is 1190 g/mol. The molecule has 6 atom stereocenters. The molecule has 0 aliphatic rings. The quantitative estimate of drug-likeness (QED) is 0.139. The predicted octanol–water partition coefficient (Wildman–Crippen LogP) is 11.6. The molecule has 6 unspecified atom stereocenters. The molecule has 0 aliphatic carbocycles. The van der Waals surface area contributed by atoms with Crippen molar-refractivity contribution in [3.8, 4) is 11.5 Å². The average molecular weight is 1220 g/mol. The fraction of sp³-hybridized carbons (Fsp3) is 0.556. The van der Waals surface area contributed by atoms with Gasteiger partial charge in [-0.05, 0) is 93.0 Å². The van der Waals surface area contributed by atoms with Crippen molar-refractivity contribution in [1.82, 2.24) is 0 Å². The molecule has 0 spiro atoms. The van der Waals surface area contributed by atoms with E-state index in [4.69, 9.17) is 18.9 Å². The summed E-state index contributed by atoms with van der Waals surface area (Å²) in [5.41, 5.74) is 1.98. The highest BCUT2D eigenvalue weighted by Crippen LogP contribution is 2.44. The molecule has 0 aliphatic heterocycles. The van der Waals surface area contributed by atoms with E-state index in [0.29, 0.717) is 26.4 Å². The van der Waals surface area contributed by atoms with Crippen molar-refractivity contribution in [3.05, 3.63) is 56.5 Å². The zero-order valence-corrected chi connectivity index (χ0v) is 37.9. The number of hydrogen-bond donors (Lipinski definition) is 0. The Morgan fingerprint density at radius 1 is 0.634 bits per heavy atom. The van der Waals surface area contributed by atoms with Crippen LogP contribution in [-0.4, -0.2) is 66.4 Å². The lowest BCUT2D eigenvalue weighted by atomic mass is 9.78. The molecule has 232 valence electrons. The standard InChI is InChI=1S/C27H30Br10O4/c1-27(2,15-3-5-18(6-4-15)40-25(36)20(32)13-38-11-16(30)9-28)19-7-8-22(24(35)23(19)34)41-26(37)21(33)14-39-12-17(31)10-29/h3-8,16-17,20-21,25-26H,9-14H2,1-2H3. The van der Waals surface area contributed by atoms with Crippen LogP contribution in [0, 0.1) is 0 Å². The largest absolute Gasteiger partial charge is 0.478 e. The predicted molar refractivity (Wildman–Crippen MR) is 207 cm³/mol. The van der Waals surface area contributed by atoms with E-state index in [0.717, 1.165) is 42.2 Å². The molecule has 0 amide bonds. The number of benzene rings is 2. The Kier molecular flexibility index (Phi) is 19.7. The minimum Gasteiger partial charge on any atom is -0.478 e. The zero-order chi connectivity index (χ0) is 30.7. The van der Waals surface area contributed by atoms with Crippen LogP contribution in [0.25, 0.3) is 0 Å². The van der Waals surface area contributed by atoms with Crippen molar-refractivity contribution in [3.63, 3.8) is 0 Å². The lowest BCUT2D eigenvalue weighted by Crippen LogP contribution is -2.27. The average Bonchev–Trinajstić information content (AvgIpc) is 2.95. The monoisotopic (exact) mass is 1210 g/mol. The molecule has 4 nitrogen and oxygen atoms in total. The smallest absolute Gasteiger partial charge is 0.167 e. The minimum atomic E-state index is -0.291. The first kappa shape index (κ1) is 39.9. The molecule has 0 heterocycles. The topological polar surface area (TPSA) is 36.9 Å². The van der Waals surface area contributed by atoms with Crippen LogP contribution in [0.15, 0.2) is 45.3 Å². The van der Waals surface area contributed by atoms with E-state index >= 15 is 0 Å². The maximum Gasteiger partial charge on any atom is 0.167 e. The Morgan fingerprint density at radius 3 is 1.61 bits per heavy atom. The first-order chi connectivity index (χ1) is 19.3. The molecule has 0 radical (unpaired) electrons. The second kappa shape index (κ2) is 20.2. The number of alkyl halides is 8. The fourth-order valence-corrected chi connectivity index (χ4v) is 6.79. The van der Waals surface area contributed by atoms with Gasteiger partial charge in [-0.15, -0.1) is 0 Å². The third kappa shape index (κ3) is 13.1. The van der Waals surface area contributed by atoms with Crippen molar-refractivity contribution in [2.45, 2.75) is 48.6 Å². The summed E-state index contributed by atoms with van der Waals surface area (Å²) in [6, 6.07) is 12.3. The van der Waals surface area contributed by atoms with E-state index in [1.54, 1.807) is 0 Å². The van der Waals surface area contributed by atoms with Crippen LogP contribution in [-0.2, 0) is 14.9 Å². The first-order valence-electron chi connectivity index (χ1n) is 12.4. The summed E-state index contributed by atoms with van der Waals surface area (Å²) in [4.78, 5) is 0.510. The van der Waals surface area contributed by atoms with Crippen LogP contribution >= 0.6 is 159 Å². The Bertz CT molecular complexity index is 1060. The van der Waals surface area contributed by atoms with Gasteiger partial charge in [-0.2, -0.15) is 0 Å². The third-order valence-electron chi connectivity index (χ3n) is 5.84. The lowest BCUT2D eigenvalue weighted by molar-refractivity contribution is 0.125. The SMILES string of the molecule is CC(C)(c1ccc(OC(Br)C(Br)COCC(Br)CBr)cc1)c1ccc(OC(Br)C(Br)COCC(Br)CBr)c(Br)c1Br. The molecule has 2 rings (SSSR count). The second-order valence-corrected chi connectivity index (χ2v) is 19.1. The van der Waals surface area contributed by atoms with Crippen molar-refractivity contribution < 1.29 is 18.9 Å². The molecule has 14 heteroatoms. The fourth-order valence-electron chi connectivity index (χ4n) is 3.47. The van der Waals surface area contributed by atoms with E-state index in [1.807, 2.05) is 18.2 Å². The normalized spacial score (nSPS) is 16.5. The van der Waals surface area contributed by atoms with Gasteiger partial charge in [0, 0.05) is 30.2 Å². The summed E-state index contributed by atoms with van der Waals surface area (Å²) < 4.78 is 25.6. The van der Waals surface area contributed by atoms with Crippen LogP contribution in [0.2, 0.25) is 0 Å². The maximum absolute atomic E-state index is 6.21. The summed E-state index contributed by atoms with van der Waals surface area (Å²) in [5, 5.41) is 1.14. The zero-order valence-electron chi connectivity index (χ0n) is 22.1. The van der Waals surface area contributed by atoms with Gasteiger partial charge in [0.2, 0.25) is 0 Å². The van der Waals surface area contributed by atoms with Crippen LogP contribution in [0.3, 0.4) is 0 Å². The highest BCUT2D eigenvalue weighted by molar-refractivity contribution is 9.13. The molecule has 0 bridgehead atoms. The number of rotatable bonds is 18. The van der Waals surface area contributed by atoms with Gasteiger partial charge in [0.1, 0.15) is 11.5 Å². The first-order valence-corrected chi connectivity index (χ1v) is 21.7. The van der Waals surface area contributed by atoms with Gasteiger partial charge in [0.25, 0.3) is 0 Å². The summed E-state index contributed by atoms with van der Waals surface area (Å²) in [6.07, 6.45) is 0. The Morgan fingerprint density at radius 2 is 1.12 bits per heavy atom. The number of hydrogen-bond acceptors (Lipinski definition) is 4. The van der Waals surface area contributed by atoms with Gasteiger partial charge >= 0.3 is 0 Å². The molecule has 2 aromatic carbocycles. The van der Waals surface area contributed by atoms with Crippen molar-refractivity contribution >= 4 is 159 Å². The Labute approximate surface area is 327 Å². The Hall–Kier alpha value is 2.76. The molecule has 0 saturated carbocycles. The molecule has 0 saturated heterocycles. The van der Waals surface area contributed by atoms with Crippen LogP contribution in [0.1, 0.15) is 25.0 Å². The third-order valence-corrected chi connectivity index (χ3v) is 17.0. The van der Waals surface area contributed by atoms with Gasteiger partial charge in [0.15, 0.2) is 10.0 Å². The molecule has 0 aromatic heterocycles. The van der Waals surface area contributed by atoms with Crippen molar-refractivity contribution in [2.75, 3.05) is 37.1 Å². The molecule has 0 fully saturated rings. The summed E-state index contributed by atoms with van der Waals surface area (Å²) >= 11 is 36.1. The van der Waals surface area contributed by atoms with Gasteiger partial charge in [-0.3, -0.25) is 0 Å². The highest BCUT2D eigenvalue weighted by atomic mass is 79.9. The molecule has 2 aromatic rings. The summed E-state index contributed by atoms with van der Waals surface area (Å²) in [5.74, 6) is 1.50. The number of halogens is 10. The minimum absolute atomic E-state index is 0.00459. The summed E-state index contributed by atoms with van der Waals surface area (Å²) in [6.45, 7) is 6.65. The molecular formula is C27H30Br10O4. The lowest BCUT2D eigenvalue weighted by Gasteiger charge is -2.29. The van der Waals surface area contributed by atoms with Crippen LogP contribution in [0.5, 0.6) is 11.5 Å². The Balaban J connectivity index is 2.04. The van der Waals surface area contributed by atoms with Crippen LogP contribution < -0.4 is 9.47 Å². The maximum atomic E-state index is 6.21. The van der Waals surface area contributed by atoms with E-state index in [9.17, 15) is 0 Å². The van der Waals surface area contributed by atoms with Gasteiger partial charge < -0.3 is 18.9 Å². The molecule has 0 N–H and O–H groups in total. The molecule has 41 heavy (non-hydrogen) atoms. The highest BCUT2D eigenvalue weighted by Gasteiger charge is 2.29. The van der Waals surface area contributed by atoms with Gasteiger partial charge in [-0.1, -0.05) is 128 Å². The van der Waals surface area contributed by atoms with E-state index in [-0.39, 0.29) is 34.8 Å². The van der Waals surface area contributed by atoms with Gasteiger partial charge in [-0.25, -0.2) is 0 Å². The summed E-state index contributed by atoms with van der Waals surface area (Å²) in [7, 11) is 0. The number of ether oxygens (including phenoxy) is 4. The second-order valence-electron chi connectivity index (χ2n) is 9.44. The van der Waals surface area contributed by atoms with Crippen molar-refractivity contribution in [2.24, 2.45) is 0 Å².